The minimum atomic E-state index is -0.171. The molecule has 2 aromatic carbocycles. The number of nitrogens with zero attached hydrogens (tertiary/aromatic N) is 1. The Kier molecular flexibility index (Phi) is 1.63. The predicted octanol–water partition coefficient (Wildman–Crippen LogP) is 2.05. The van der Waals surface area contributed by atoms with Crippen molar-refractivity contribution in [3.63, 3.8) is 0 Å². The van der Waals surface area contributed by atoms with E-state index < -0.39 is 0 Å². The van der Waals surface area contributed by atoms with Gasteiger partial charge in [0.25, 0.3) is 0 Å². The first-order chi connectivity index (χ1) is 9.08. The topological polar surface area (TPSA) is 22.0 Å². The van der Waals surface area contributed by atoms with Crippen LogP contribution in [-0.2, 0) is 0 Å². The molecule has 0 aliphatic heterocycles. The summed E-state index contributed by atoms with van der Waals surface area (Å²) >= 11 is -0.171. The molecule has 1 heterocycles. The van der Waals surface area contributed by atoms with Gasteiger partial charge in [-0.1, -0.05) is 0 Å². The van der Waals surface area contributed by atoms with E-state index in [1.807, 2.05) is 18.2 Å². The molecule has 0 radical (unpaired) electrons. The summed E-state index contributed by atoms with van der Waals surface area (Å²) in [5.74, 6) is 0. The van der Waals surface area contributed by atoms with Crippen molar-refractivity contribution < 1.29 is 4.11 Å². The molecule has 3 rings (SSSR count). The van der Waals surface area contributed by atoms with E-state index in [1.54, 1.807) is 9.63 Å². The van der Waals surface area contributed by atoms with Crippen molar-refractivity contribution in [3.05, 3.63) is 64.9 Å². The fraction of sp³-hybridized carbons (Fsp3) is 0. The molecule has 16 heavy (non-hydrogen) atoms. The Hall–Kier alpha value is -1.57. The van der Waals surface area contributed by atoms with Crippen molar-refractivity contribution in [3.8, 4) is 5.69 Å². The maximum absolute atomic E-state index is 12.3. The molecular weight excluding hydrogens is 265 g/mol. The Morgan fingerprint density at radius 2 is 1.81 bits per heavy atom. The first-order valence-electron chi connectivity index (χ1n) is 6.27. The second-order valence-corrected chi connectivity index (χ2v) is 5.39. The molecule has 0 aliphatic rings. The molecule has 2 nitrogen and oxygen atoms in total. The Morgan fingerprint density at radius 1 is 1.06 bits per heavy atom. The number of hydrogen-bond donors (Lipinski definition) is 0. The Balaban J connectivity index is 2.31. The first kappa shape index (κ1) is 6.89. The van der Waals surface area contributed by atoms with Gasteiger partial charge in [0, 0.05) is 0 Å². The van der Waals surface area contributed by atoms with Crippen LogP contribution in [0.1, 0.15) is 4.11 Å². The second kappa shape index (κ2) is 3.78. The molecule has 0 fully saturated rings. The number of para-hydroxylation sites is 1. The number of aromatic nitrogens is 1. The zero-order chi connectivity index (χ0) is 13.6. The molecule has 0 saturated heterocycles. The molecule has 3 heteroatoms. The van der Waals surface area contributed by atoms with Crippen molar-refractivity contribution in [1.82, 2.24) is 3.56 Å². The van der Waals surface area contributed by atoms with Gasteiger partial charge in [-0.25, -0.2) is 0 Å². The van der Waals surface area contributed by atoms with Crippen molar-refractivity contribution in [1.29, 1.82) is 0 Å². The molecule has 78 valence electrons. The van der Waals surface area contributed by atoms with Gasteiger partial charge in [-0.2, -0.15) is 0 Å². The molecular formula is C13H9NOSe. The van der Waals surface area contributed by atoms with Crippen molar-refractivity contribution >= 4 is 24.4 Å². The third kappa shape index (κ3) is 1.45. The molecule has 0 amide bonds. The summed E-state index contributed by atoms with van der Waals surface area (Å²) in [6, 6.07) is 10.2. The van der Waals surface area contributed by atoms with Crippen LogP contribution < -0.4 is 5.56 Å². The third-order valence-electron chi connectivity index (χ3n) is 2.31. The molecule has 0 bridgehead atoms. The fourth-order valence-corrected chi connectivity index (χ4v) is 3.62. The van der Waals surface area contributed by atoms with Gasteiger partial charge < -0.3 is 0 Å². The van der Waals surface area contributed by atoms with Crippen molar-refractivity contribution in [2.75, 3.05) is 0 Å². The molecule has 3 aromatic rings. The van der Waals surface area contributed by atoms with Crippen LogP contribution in [0.3, 0.4) is 0 Å². The Morgan fingerprint density at radius 3 is 2.56 bits per heavy atom. The minimum absolute atomic E-state index is 0.0259. The van der Waals surface area contributed by atoms with Crippen LogP contribution in [-0.4, -0.2) is 18.3 Å². The average Bonchev–Trinajstić information content (AvgIpc) is 2.73. The van der Waals surface area contributed by atoms with Gasteiger partial charge in [0.1, 0.15) is 0 Å². The maximum atomic E-state index is 12.3. The van der Waals surface area contributed by atoms with Crippen molar-refractivity contribution in [2.45, 2.75) is 0 Å². The average molecular weight is 277 g/mol. The molecule has 0 unspecified atom stereocenters. The number of rotatable bonds is 1. The van der Waals surface area contributed by atoms with E-state index >= 15 is 0 Å². The zero-order valence-electron chi connectivity index (χ0n) is 11.2. The summed E-state index contributed by atoms with van der Waals surface area (Å²) in [5, 5.41) is 0.690. The van der Waals surface area contributed by atoms with E-state index in [9.17, 15) is 4.79 Å². The predicted molar refractivity (Wildman–Crippen MR) is 66.5 cm³/mol. The molecule has 0 atom stereocenters. The molecule has 0 aliphatic carbocycles. The molecule has 1 aromatic heterocycles. The van der Waals surface area contributed by atoms with Gasteiger partial charge in [-0.15, -0.1) is 0 Å². The van der Waals surface area contributed by atoms with Gasteiger partial charge in [-0.3, -0.25) is 0 Å². The van der Waals surface area contributed by atoms with Crippen LogP contribution in [0.5, 0.6) is 0 Å². The summed E-state index contributed by atoms with van der Waals surface area (Å²) in [4.78, 5) is 12.3. The normalized spacial score (nSPS) is 13.4. The van der Waals surface area contributed by atoms with Crippen molar-refractivity contribution in [2.24, 2.45) is 0 Å². The van der Waals surface area contributed by atoms with Gasteiger partial charge in [0.05, 0.1) is 0 Å². The van der Waals surface area contributed by atoms with Crippen LogP contribution in [0.2, 0.25) is 0 Å². The van der Waals surface area contributed by atoms with Crippen LogP contribution in [0.25, 0.3) is 15.3 Å². The van der Waals surface area contributed by atoms with Crippen LogP contribution in [0.4, 0.5) is 0 Å². The van der Waals surface area contributed by atoms with Crippen LogP contribution in [0.15, 0.2) is 59.3 Å². The van der Waals surface area contributed by atoms with E-state index in [2.05, 4.69) is 0 Å². The van der Waals surface area contributed by atoms with Gasteiger partial charge in [0.15, 0.2) is 0 Å². The third-order valence-corrected chi connectivity index (χ3v) is 4.64. The van der Waals surface area contributed by atoms with Gasteiger partial charge in [0.2, 0.25) is 0 Å². The number of benzene rings is 2. The van der Waals surface area contributed by atoms with E-state index in [4.69, 9.17) is 4.11 Å². The van der Waals surface area contributed by atoms with Crippen LogP contribution in [0, 0.1) is 0 Å². The standard InChI is InChI=1S/C13H9NOSe/c15-13-11-8-4-5-9-12(11)16-14(13)10-6-2-1-3-7-10/h1-9H/i1D,2D,3D. The second-order valence-electron chi connectivity index (χ2n) is 3.31. The van der Waals surface area contributed by atoms with E-state index in [0.717, 1.165) is 4.26 Å². The monoisotopic (exact) mass is 278 g/mol. The summed E-state index contributed by atoms with van der Waals surface area (Å²) < 4.78 is 25.4. The molecule has 0 saturated carbocycles. The van der Waals surface area contributed by atoms with Gasteiger partial charge >= 0.3 is 103 Å². The van der Waals surface area contributed by atoms with E-state index in [0.29, 0.717) is 11.1 Å². The van der Waals surface area contributed by atoms with Gasteiger partial charge in [-0.05, 0) is 0 Å². The SMILES string of the molecule is [2H]c1cc(-n2[se]c3ccccc3c2=O)cc([2H])c1[2H]. The summed E-state index contributed by atoms with van der Waals surface area (Å²) in [6.45, 7) is 0. The molecule has 0 N–H and O–H groups in total. The molecule has 0 spiro atoms. The Bertz CT molecular complexity index is 814. The number of hydrogen-bond acceptors (Lipinski definition) is 1. The first-order valence-corrected chi connectivity index (χ1v) is 6.39. The van der Waals surface area contributed by atoms with E-state index in [-0.39, 0.29) is 38.4 Å². The summed E-state index contributed by atoms with van der Waals surface area (Å²) in [6.07, 6.45) is 0. The summed E-state index contributed by atoms with van der Waals surface area (Å²) in [7, 11) is 0. The summed E-state index contributed by atoms with van der Waals surface area (Å²) in [5.41, 5.74) is 0.444. The van der Waals surface area contributed by atoms with E-state index in [1.165, 1.54) is 12.1 Å². The van der Waals surface area contributed by atoms with Crippen LogP contribution >= 0.6 is 0 Å². The number of fused-ring (bicyclic) bond motifs is 1. The quantitative estimate of drug-likeness (QED) is 0.624. The fourth-order valence-electron chi connectivity index (χ4n) is 1.56. The zero-order valence-corrected chi connectivity index (χ0v) is 9.94. The Labute approximate surface area is 103 Å².